The second kappa shape index (κ2) is 2.94. The van der Waals surface area contributed by atoms with Gasteiger partial charge in [0.2, 0.25) is 0 Å². The molecule has 1 saturated carbocycles. The molecule has 66 valence electrons. The van der Waals surface area contributed by atoms with Gasteiger partial charge in [-0.3, -0.25) is 0 Å². The zero-order valence-electron chi connectivity index (χ0n) is 6.92. The smallest absolute Gasteiger partial charge is 0.182 e. The Labute approximate surface area is 75.8 Å². The summed E-state index contributed by atoms with van der Waals surface area (Å²) in [5, 5.41) is 1.42. The SMILES string of the molecule is Nc1nc(C2CCCC2)c(N)s1. The van der Waals surface area contributed by atoms with Crippen LogP contribution in [0.2, 0.25) is 0 Å². The Hall–Kier alpha value is -0.770. The van der Waals surface area contributed by atoms with Crippen molar-refractivity contribution in [2.24, 2.45) is 0 Å². The third-order valence-electron chi connectivity index (χ3n) is 2.44. The number of nitrogens with zero attached hydrogens (tertiary/aromatic N) is 1. The molecule has 0 aromatic carbocycles. The fourth-order valence-corrected chi connectivity index (χ4v) is 2.54. The number of anilines is 2. The number of nitrogen functional groups attached to an aromatic ring is 2. The van der Waals surface area contributed by atoms with Crippen molar-refractivity contribution in [1.82, 2.24) is 4.98 Å². The van der Waals surface area contributed by atoms with Crippen LogP contribution in [0.1, 0.15) is 37.3 Å². The van der Waals surface area contributed by atoms with E-state index in [2.05, 4.69) is 4.98 Å². The van der Waals surface area contributed by atoms with Gasteiger partial charge in [0.25, 0.3) is 0 Å². The molecule has 4 N–H and O–H groups in total. The molecule has 0 amide bonds. The fraction of sp³-hybridized carbons (Fsp3) is 0.625. The van der Waals surface area contributed by atoms with Crippen molar-refractivity contribution in [3.05, 3.63) is 5.69 Å². The molecule has 1 heterocycles. The minimum absolute atomic E-state index is 0.582. The van der Waals surface area contributed by atoms with Crippen LogP contribution in [0.4, 0.5) is 10.1 Å². The Morgan fingerprint density at radius 2 is 1.92 bits per heavy atom. The summed E-state index contributed by atoms with van der Waals surface area (Å²) in [6.07, 6.45) is 5.07. The van der Waals surface area contributed by atoms with Gasteiger partial charge in [0.1, 0.15) is 5.00 Å². The van der Waals surface area contributed by atoms with Gasteiger partial charge in [-0.25, -0.2) is 4.98 Å². The van der Waals surface area contributed by atoms with Crippen molar-refractivity contribution in [2.45, 2.75) is 31.6 Å². The predicted molar refractivity (Wildman–Crippen MR) is 52.1 cm³/mol. The molecule has 1 aromatic rings. The number of hydrogen-bond donors (Lipinski definition) is 2. The van der Waals surface area contributed by atoms with E-state index in [1.165, 1.54) is 37.0 Å². The van der Waals surface area contributed by atoms with Crippen molar-refractivity contribution in [3.8, 4) is 0 Å². The summed E-state index contributed by atoms with van der Waals surface area (Å²) in [5.41, 5.74) is 12.4. The third-order valence-corrected chi connectivity index (χ3v) is 3.17. The van der Waals surface area contributed by atoms with Crippen LogP contribution in [0.3, 0.4) is 0 Å². The van der Waals surface area contributed by atoms with Gasteiger partial charge in [0, 0.05) is 5.92 Å². The van der Waals surface area contributed by atoms with Crippen molar-refractivity contribution in [2.75, 3.05) is 11.5 Å². The van der Waals surface area contributed by atoms with Crippen molar-refractivity contribution < 1.29 is 0 Å². The van der Waals surface area contributed by atoms with Gasteiger partial charge in [-0.15, -0.1) is 0 Å². The molecule has 0 unspecified atom stereocenters. The Morgan fingerprint density at radius 1 is 1.25 bits per heavy atom. The molecular formula is C8H13N3S. The van der Waals surface area contributed by atoms with Gasteiger partial charge >= 0.3 is 0 Å². The summed E-state index contributed by atoms with van der Waals surface area (Å²) in [4.78, 5) is 4.26. The average molecular weight is 183 g/mol. The summed E-state index contributed by atoms with van der Waals surface area (Å²) in [7, 11) is 0. The number of nitrogens with two attached hydrogens (primary N) is 2. The molecule has 4 heteroatoms. The van der Waals surface area contributed by atoms with Crippen LogP contribution in [0.15, 0.2) is 0 Å². The van der Waals surface area contributed by atoms with Gasteiger partial charge in [0.15, 0.2) is 5.13 Å². The molecule has 2 rings (SSSR count). The average Bonchev–Trinajstić information content (AvgIpc) is 2.58. The highest BCUT2D eigenvalue weighted by Gasteiger charge is 2.22. The predicted octanol–water partition coefficient (Wildman–Crippen LogP) is 1.97. The highest BCUT2D eigenvalue weighted by atomic mass is 32.1. The first-order valence-corrected chi connectivity index (χ1v) is 5.10. The molecular weight excluding hydrogens is 170 g/mol. The quantitative estimate of drug-likeness (QED) is 0.699. The molecule has 0 aliphatic heterocycles. The summed E-state index contributed by atoms with van der Waals surface area (Å²) in [6.45, 7) is 0. The van der Waals surface area contributed by atoms with Crippen molar-refractivity contribution in [1.29, 1.82) is 0 Å². The minimum atomic E-state index is 0.582. The van der Waals surface area contributed by atoms with Crippen LogP contribution in [-0.4, -0.2) is 4.98 Å². The lowest BCUT2D eigenvalue weighted by Gasteiger charge is -2.04. The molecule has 1 aliphatic carbocycles. The van der Waals surface area contributed by atoms with Crippen LogP contribution < -0.4 is 11.5 Å². The third kappa shape index (κ3) is 1.27. The minimum Gasteiger partial charge on any atom is -0.389 e. The Bertz CT molecular complexity index is 276. The molecule has 0 bridgehead atoms. The Balaban J connectivity index is 2.25. The maximum Gasteiger partial charge on any atom is 0.182 e. The molecule has 0 radical (unpaired) electrons. The van der Waals surface area contributed by atoms with E-state index in [0.29, 0.717) is 11.0 Å². The van der Waals surface area contributed by atoms with Crippen molar-refractivity contribution in [3.63, 3.8) is 0 Å². The van der Waals surface area contributed by atoms with Gasteiger partial charge in [0.05, 0.1) is 5.69 Å². The molecule has 0 atom stereocenters. The van der Waals surface area contributed by atoms with Gasteiger partial charge in [-0.05, 0) is 12.8 Å². The zero-order valence-corrected chi connectivity index (χ0v) is 7.73. The summed E-state index contributed by atoms with van der Waals surface area (Å²) in [6, 6.07) is 0. The Kier molecular flexibility index (Phi) is 1.92. The monoisotopic (exact) mass is 183 g/mol. The molecule has 1 aromatic heterocycles. The van der Waals surface area contributed by atoms with E-state index < -0.39 is 0 Å². The highest BCUT2D eigenvalue weighted by molar-refractivity contribution is 7.19. The maximum absolute atomic E-state index is 5.80. The fourth-order valence-electron chi connectivity index (χ4n) is 1.85. The van der Waals surface area contributed by atoms with Crippen molar-refractivity contribution >= 4 is 21.5 Å². The number of hydrogen-bond acceptors (Lipinski definition) is 4. The van der Waals surface area contributed by atoms with Gasteiger partial charge in [-0.1, -0.05) is 24.2 Å². The first-order chi connectivity index (χ1) is 5.77. The summed E-state index contributed by atoms with van der Waals surface area (Å²) in [5.74, 6) is 0.582. The molecule has 1 aliphatic rings. The van der Waals surface area contributed by atoms with E-state index >= 15 is 0 Å². The van der Waals surface area contributed by atoms with Crippen LogP contribution in [0.25, 0.3) is 0 Å². The number of aromatic nitrogens is 1. The van der Waals surface area contributed by atoms with Crippen LogP contribution >= 0.6 is 11.3 Å². The van der Waals surface area contributed by atoms with E-state index in [9.17, 15) is 0 Å². The zero-order chi connectivity index (χ0) is 8.55. The largest absolute Gasteiger partial charge is 0.389 e. The molecule has 0 spiro atoms. The van der Waals surface area contributed by atoms with Gasteiger partial charge in [-0.2, -0.15) is 0 Å². The lowest BCUT2D eigenvalue weighted by molar-refractivity contribution is 0.706. The lowest BCUT2D eigenvalue weighted by atomic mass is 10.1. The summed E-state index contributed by atoms with van der Waals surface area (Å²) < 4.78 is 0. The lowest BCUT2D eigenvalue weighted by Crippen LogP contribution is -1.97. The van der Waals surface area contributed by atoms with Gasteiger partial charge < -0.3 is 11.5 Å². The first-order valence-electron chi connectivity index (χ1n) is 4.29. The Morgan fingerprint density at radius 3 is 2.42 bits per heavy atom. The van der Waals surface area contributed by atoms with E-state index in [1.54, 1.807) is 0 Å². The normalized spacial score (nSPS) is 18.7. The standard InChI is InChI=1S/C8H13N3S/c9-7-6(11-8(10)12-7)5-3-1-2-4-5/h5H,1-4,9H2,(H2,10,11). The topological polar surface area (TPSA) is 64.9 Å². The van der Waals surface area contributed by atoms with E-state index in [1.807, 2.05) is 0 Å². The second-order valence-electron chi connectivity index (χ2n) is 3.28. The molecule has 1 fully saturated rings. The second-order valence-corrected chi connectivity index (χ2v) is 4.35. The van der Waals surface area contributed by atoms with Crippen LogP contribution in [0.5, 0.6) is 0 Å². The molecule has 0 saturated heterocycles. The number of rotatable bonds is 1. The van der Waals surface area contributed by atoms with E-state index in [0.717, 1.165) is 10.7 Å². The van der Waals surface area contributed by atoms with Crippen LogP contribution in [0, 0.1) is 0 Å². The molecule has 3 nitrogen and oxygen atoms in total. The summed E-state index contributed by atoms with van der Waals surface area (Å²) >= 11 is 1.40. The first kappa shape index (κ1) is 7.86. The number of thiazole rings is 1. The molecule has 12 heavy (non-hydrogen) atoms. The highest BCUT2D eigenvalue weighted by Crippen LogP contribution is 2.38. The maximum atomic E-state index is 5.80. The van der Waals surface area contributed by atoms with E-state index in [-0.39, 0.29) is 0 Å². The van der Waals surface area contributed by atoms with Crippen LogP contribution in [-0.2, 0) is 0 Å². The van der Waals surface area contributed by atoms with E-state index in [4.69, 9.17) is 11.5 Å².